The zero-order valence-electron chi connectivity index (χ0n) is 10.4. The average molecular weight is 302 g/mol. The van der Waals surface area contributed by atoms with Gasteiger partial charge in [0.15, 0.2) is 0 Å². The van der Waals surface area contributed by atoms with E-state index in [1.54, 1.807) is 0 Å². The van der Waals surface area contributed by atoms with Crippen LogP contribution in [-0.2, 0) is 17.7 Å². The van der Waals surface area contributed by atoms with Crippen LogP contribution < -0.4 is 5.73 Å². The summed E-state index contributed by atoms with van der Waals surface area (Å²) in [7, 11) is 0. The Morgan fingerprint density at radius 1 is 1.65 bits per heavy atom. The first kappa shape index (κ1) is 13.1. The second kappa shape index (κ2) is 5.50. The number of aryl methyl sites for hydroxylation is 2. The molecule has 0 bridgehead atoms. The maximum Gasteiger partial charge on any atom is 0.0738 e. The Kier molecular flexibility index (Phi) is 4.22. The molecule has 17 heavy (non-hydrogen) atoms. The van der Waals surface area contributed by atoms with Gasteiger partial charge in [0, 0.05) is 25.6 Å². The molecule has 0 spiro atoms. The zero-order chi connectivity index (χ0) is 12.4. The topological polar surface area (TPSA) is 53.1 Å². The van der Waals surface area contributed by atoms with Gasteiger partial charge in [-0.1, -0.05) is 0 Å². The minimum Gasteiger partial charge on any atom is -0.377 e. The van der Waals surface area contributed by atoms with Crippen molar-refractivity contribution in [1.82, 2.24) is 9.78 Å². The van der Waals surface area contributed by atoms with Gasteiger partial charge >= 0.3 is 0 Å². The summed E-state index contributed by atoms with van der Waals surface area (Å²) in [6.45, 7) is 5.84. The Balaban J connectivity index is 2.11. The Hall–Kier alpha value is -0.390. The van der Waals surface area contributed by atoms with Gasteiger partial charge in [0.25, 0.3) is 0 Å². The maximum atomic E-state index is 6.23. The number of ether oxygens (including phenoxy) is 1. The van der Waals surface area contributed by atoms with Gasteiger partial charge in [-0.15, -0.1) is 0 Å². The van der Waals surface area contributed by atoms with E-state index in [-0.39, 0.29) is 12.1 Å². The van der Waals surface area contributed by atoms with Gasteiger partial charge in [0.1, 0.15) is 0 Å². The van der Waals surface area contributed by atoms with Crippen LogP contribution in [0.5, 0.6) is 0 Å². The number of aromatic nitrogens is 2. The first-order chi connectivity index (χ1) is 8.13. The highest BCUT2D eigenvalue weighted by molar-refractivity contribution is 9.10. The fourth-order valence-electron chi connectivity index (χ4n) is 2.36. The fourth-order valence-corrected chi connectivity index (χ4v) is 2.80. The molecule has 1 saturated heterocycles. The van der Waals surface area contributed by atoms with Crippen molar-refractivity contribution >= 4 is 15.9 Å². The van der Waals surface area contributed by atoms with Gasteiger partial charge in [0.2, 0.25) is 0 Å². The van der Waals surface area contributed by atoms with Gasteiger partial charge in [-0.3, -0.25) is 4.68 Å². The molecule has 5 heteroatoms. The van der Waals surface area contributed by atoms with E-state index < -0.39 is 0 Å². The van der Waals surface area contributed by atoms with Crippen LogP contribution in [0.3, 0.4) is 0 Å². The molecule has 0 aromatic carbocycles. The molecule has 4 nitrogen and oxygen atoms in total. The van der Waals surface area contributed by atoms with E-state index in [1.165, 1.54) is 5.69 Å². The monoisotopic (exact) mass is 301 g/mol. The summed E-state index contributed by atoms with van der Waals surface area (Å²) >= 11 is 3.60. The molecule has 0 radical (unpaired) electrons. The van der Waals surface area contributed by atoms with Gasteiger partial charge < -0.3 is 10.5 Å². The summed E-state index contributed by atoms with van der Waals surface area (Å²) in [5.41, 5.74) is 8.44. The lowest BCUT2D eigenvalue weighted by Crippen LogP contribution is -2.36. The van der Waals surface area contributed by atoms with E-state index in [4.69, 9.17) is 10.5 Å². The van der Waals surface area contributed by atoms with E-state index in [0.717, 1.165) is 42.6 Å². The molecule has 1 aliphatic heterocycles. The van der Waals surface area contributed by atoms with Crippen LogP contribution in [0.1, 0.15) is 31.2 Å². The summed E-state index contributed by atoms with van der Waals surface area (Å²) in [5, 5.41) is 4.48. The predicted octanol–water partition coefficient (Wildman–Crippen LogP) is 2.02. The van der Waals surface area contributed by atoms with Crippen LogP contribution in [0.15, 0.2) is 4.47 Å². The summed E-state index contributed by atoms with van der Waals surface area (Å²) in [6, 6.07) is 0.0650. The van der Waals surface area contributed by atoms with Crippen LogP contribution in [0, 0.1) is 6.92 Å². The molecular weight excluding hydrogens is 282 g/mol. The smallest absolute Gasteiger partial charge is 0.0738 e. The molecule has 2 N–H and O–H groups in total. The summed E-state index contributed by atoms with van der Waals surface area (Å²) in [4.78, 5) is 0. The van der Waals surface area contributed by atoms with Gasteiger partial charge in [-0.2, -0.15) is 5.10 Å². The Labute approximate surface area is 111 Å². The molecule has 2 unspecified atom stereocenters. The lowest BCUT2D eigenvalue weighted by Gasteiger charge is -2.19. The van der Waals surface area contributed by atoms with Crippen molar-refractivity contribution in [3.63, 3.8) is 0 Å². The molecule has 1 aromatic heterocycles. The molecule has 2 heterocycles. The predicted molar refractivity (Wildman–Crippen MR) is 71.0 cm³/mol. The molecule has 0 amide bonds. The summed E-state index contributed by atoms with van der Waals surface area (Å²) in [5.74, 6) is 0. The van der Waals surface area contributed by atoms with Gasteiger partial charge in [-0.05, 0) is 42.6 Å². The molecule has 96 valence electrons. The van der Waals surface area contributed by atoms with Gasteiger partial charge in [0.05, 0.1) is 22.0 Å². The number of halogens is 1. The summed E-state index contributed by atoms with van der Waals surface area (Å²) < 4.78 is 8.75. The number of rotatable bonds is 4. The van der Waals surface area contributed by atoms with E-state index in [0.29, 0.717) is 0 Å². The molecule has 2 atom stereocenters. The maximum absolute atomic E-state index is 6.23. The Morgan fingerprint density at radius 2 is 2.41 bits per heavy atom. The van der Waals surface area contributed by atoms with Crippen LogP contribution >= 0.6 is 15.9 Å². The third-order valence-electron chi connectivity index (χ3n) is 3.32. The fraction of sp³-hybridized carbons (Fsp3) is 0.750. The third-order valence-corrected chi connectivity index (χ3v) is 4.36. The minimum absolute atomic E-state index is 0.0650. The minimum atomic E-state index is 0.0650. The first-order valence-corrected chi connectivity index (χ1v) is 7.01. The zero-order valence-corrected chi connectivity index (χ0v) is 12.0. The highest BCUT2D eigenvalue weighted by Gasteiger charge is 2.25. The highest BCUT2D eigenvalue weighted by atomic mass is 79.9. The number of hydrogen-bond donors (Lipinski definition) is 1. The van der Waals surface area contributed by atoms with Crippen molar-refractivity contribution in [3.8, 4) is 0 Å². The van der Waals surface area contributed by atoms with Gasteiger partial charge in [-0.25, -0.2) is 0 Å². The standard InChI is InChI=1S/C12H20BrN3O/c1-3-16-10(12(13)8(2)15-16)7-9(14)11-5-4-6-17-11/h9,11H,3-7,14H2,1-2H3. The van der Waals surface area contributed by atoms with Crippen LogP contribution in [-0.4, -0.2) is 28.5 Å². The van der Waals surface area contributed by atoms with Crippen LogP contribution in [0.4, 0.5) is 0 Å². The first-order valence-electron chi connectivity index (χ1n) is 6.22. The second-order valence-corrected chi connectivity index (χ2v) is 5.37. The lowest BCUT2D eigenvalue weighted by atomic mass is 10.0. The number of nitrogens with two attached hydrogens (primary N) is 1. The highest BCUT2D eigenvalue weighted by Crippen LogP contribution is 2.24. The molecule has 2 rings (SSSR count). The average Bonchev–Trinajstić information content (AvgIpc) is 2.92. The van der Waals surface area contributed by atoms with Crippen LogP contribution in [0.25, 0.3) is 0 Å². The van der Waals surface area contributed by atoms with E-state index in [2.05, 4.69) is 28.0 Å². The van der Waals surface area contributed by atoms with E-state index in [9.17, 15) is 0 Å². The normalized spacial score (nSPS) is 22.0. The van der Waals surface area contributed by atoms with Crippen molar-refractivity contribution in [2.45, 2.75) is 51.8 Å². The van der Waals surface area contributed by atoms with E-state index in [1.807, 2.05) is 11.6 Å². The molecular formula is C12H20BrN3O. The molecule has 1 fully saturated rings. The van der Waals surface area contributed by atoms with Crippen molar-refractivity contribution in [1.29, 1.82) is 0 Å². The quantitative estimate of drug-likeness (QED) is 0.926. The molecule has 1 aromatic rings. The van der Waals surface area contributed by atoms with Crippen LogP contribution in [0.2, 0.25) is 0 Å². The SMILES string of the molecule is CCn1nc(C)c(Br)c1CC(N)C1CCCO1. The largest absolute Gasteiger partial charge is 0.377 e. The number of hydrogen-bond acceptors (Lipinski definition) is 3. The molecule has 0 saturated carbocycles. The molecule has 1 aliphatic rings. The van der Waals surface area contributed by atoms with Crippen molar-refractivity contribution in [2.75, 3.05) is 6.61 Å². The Morgan fingerprint density at radius 3 is 3.00 bits per heavy atom. The van der Waals surface area contributed by atoms with Crippen molar-refractivity contribution in [2.24, 2.45) is 5.73 Å². The molecule has 0 aliphatic carbocycles. The summed E-state index contributed by atoms with van der Waals surface area (Å²) in [6.07, 6.45) is 3.24. The van der Waals surface area contributed by atoms with Crippen molar-refractivity contribution in [3.05, 3.63) is 15.9 Å². The van der Waals surface area contributed by atoms with Crippen molar-refractivity contribution < 1.29 is 4.74 Å². The van der Waals surface area contributed by atoms with E-state index >= 15 is 0 Å². The second-order valence-electron chi connectivity index (χ2n) is 4.58. The lowest BCUT2D eigenvalue weighted by molar-refractivity contribution is 0.0894. The number of nitrogens with zero attached hydrogens (tertiary/aromatic N) is 2. The Bertz CT molecular complexity index is 385. The third kappa shape index (κ3) is 2.72.